The van der Waals surface area contributed by atoms with Gasteiger partial charge in [0.1, 0.15) is 5.82 Å². The molecule has 3 heterocycles. The van der Waals surface area contributed by atoms with Crippen molar-refractivity contribution in [2.45, 2.75) is 31.4 Å². The number of aromatic nitrogens is 3. The van der Waals surface area contributed by atoms with Gasteiger partial charge in [-0.1, -0.05) is 30.3 Å². The Bertz CT molecular complexity index is 1400. The fourth-order valence-corrected chi connectivity index (χ4v) is 4.34. The van der Waals surface area contributed by atoms with E-state index in [1.54, 1.807) is 53.3 Å². The van der Waals surface area contributed by atoms with Gasteiger partial charge in [0.25, 0.3) is 5.91 Å². The highest BCUT2D eigenvalue weighted by Crippen LogP contribution is 2.39. The number of carbonyl (C=O) groups is 2. The highest BCUT2D eigenvalue weighted by molar-refractivity contribution is 6.00. The van der Waals surface area contributed by atoms with Crippen LogP contribution in [0.5, 0.6) is 0 Å². The zero-order chi connectivity index (χ0) is 24.7. The molecule has 0 bridgehead atoms. The van der Waals surface area contributed by atoms with Crippen LogP contribution >= 0.6 is 0 Å². The van der Waals surface area contributed by atoms with Gasteiger partial charge in [-0.05, 0) is 35.9 Å². The molecule has 0 spiro atoms. The molecule has 1 saturated heterocycles. The second-order valence-corrected chi connectivity index (χ2v) is 8.43. The zero-order valence-corrected chi connectivity index (χ0v) is 18.5. The number of rotatable bonds is 5. The van der Waals surface area contributed by atoms with Crippen LogP contribution in [0.15, 0.2) is 73.1 Å². The largest absolute Gasteiger partial charge is 0.345 e. The summed E-state index contributed by atoms with van der Waals surface area (Å²) in [7, 11) is 0. The van der Waals surface area contributed by atoms with Crippen LogP contribution in [0.25, 0.3) is 16.7 Å². The van der Waals surface area contributed by atoms with E-state index in [0.29, 0.717) is 34.9 Å². The van der Waals surface area contributed by atoms with E-state index in [0.717, 1.165) is 6.20 Å². The lowest BCUT2D eigenvalue weighted by Crippen LogP contribution is -2.46. The number of hydrogen-bond acceptors (Lipinski definition) is 4. The van der Waals surface area contributed by atoms with Crippen LogP contribution in [0.1, 0.15) is 24.9 Å². The van der Waals surface area contributed by atoms with Crippen molar-refractivity contribution in [2.75, 3.05) is 4.90 Å². The van der Waals surface area contributed by atoms with Gasteiger partial charge in [-0.3, -0.25) is 9.59 Å². The number of pyridine rings is 1. The van der Waals surface area contributed by atoms with Crippen molar-refractivity contribution in [2.24, 2.45) is 0 Å². The molecule has 0 aliphatic carbocycles. The SMILES string of the molecule is CC(F)(F)C(=O)N[C@H]1CC(=O)N(c2ccc3c(cnn3-c3ccc(F)cn3)c2)C1c1ccccc1. The zero-order valence-electron chi connectivity index (χ0n) is 18.5. The Morgan fingerprint density at radius 2 is 1.86 bits per heavy atom. The summed E-state index contributed by atoms with van der Waals surface area (Å²) in [6, 6.07) is 15.4. The molecular weight excluding hydrogens is 459 g/mol. The third-order valence-electron chi connectivity index (χ3n) is 5.94. The van der Waals surface area contributed by atoms with Crippen LogP contribution in [0.2, 0.25) is 0 Å². The molecule has 1 N–H and O–H groups in total. The van der Waals surface area contributed by atoms with E-state index in [9.17, 15) is 22.8 Å². The summed E-state index contributed by atoms with van der Waals surface area (Å²) in [5.74, 6) is -5.34. The molecule has 4 aromatic rings. The molecular formula is C25H20F3N5O2. The Labute approximate surface area is 198 Å². The first-order chi connectivity index (χ1) is 16.7. The number of anilines is 1. The van der Waals surface area contributed by atoms with Gasteiger partial charge < -0.3 is 10.2 Å². The minimum atomic E-state index is -3.57. The van der Waals surface area contributed by atoms with Crippen LogP contribution in [-0.2, 0) is 9.59 Å². The van der Waals surface area contributed by atoms with Crippen molar-refractivity contribution in [1.82, 2.24) is 20.1 Å². The normalized spacial score (nSPS) is 18.3. The number of halogens is 3. The topological polar surface area (TPSA) is 80.1 Å². The highest BCUT2D eigenvalue weighted by atomic mass is 19.3. The van der Waals surface area contributed by atoms with E-state index >= 15 is 0 Å². The first-order valence-corrected chi connectivity index (χ1v) is 10.9. The van der Waals surface area contributed by atoms with Gasteiger partial charge in [0, 0.05) is 24.4 Å². The van der Waals surface area contributed by atoms with Gasteiger partial charge >= 0.3 is 5.92 Å². The van der Waals surface area contributed by atoms with Crippen molar-refractivity contribution in [3.8, 4) is 5.82 Å². The summed E-state index contributed by atoms with van der Waals surface area (Å²) < 4.78 is 42.0. The Morgan fingerprint density at radius 1 is 1.09 bits per heavy atom. The second kappa shape index (κ2) is 8.53. The van der Waals surface area contributed by atoms with Gasteiger partial charge in [0.15, 0.2) is 5.82 Å². The lowest BCUT2D eigenvalue weighted by atomic mass is 9.99. The maximum Gasteiger partial charge on any atom is 0.321 e. The predicted molar refractivity (Wildman–Crippen MR) is 123 cm³/mol. The molecule has 2 aromatic carbocycles. The van der Waals surface area contributed by atoms with Gasteiger partial charge in [0.2, 0.25) is 5.91 Å². The van der Waals surface area contributed by atoms with Crippen LogP contribution < -0.4 is 10.2 Å². The summed E-state index contributed by atoms with van der Waals surface area (Å²) in [6.45, 7) is 0.524. The fraction of sp³-hybridized carbons (Fsp3) is 0.200. The molecule has 35 heavy (non-hydrogen) atoms. The Hall–Kier alpha value is -4.21. The van der Waals surface area contributed by atoms with Crippen LogP contribution in [0.4, 0.5) is 18.9 Å². The molecule has 2 aromatic heterocycles. The Balaban J connectivity index is 1.53. The smallest absolute Gasteiger partial charge is 0.321 e. The van der Waals surface area contributed by atoms with Crippen LogP contribution in [-0.4, -0.2) is 38.5 Å². The molecule has 0 radical (unpaired) electrons. The van der Waals surface area contributed by atoms with Crippen molar-refractivity contribution in [3.05, 3.63) is 84.4 Å². The number of carbonyl (C=O) groups excluding carboxylic acids is 2. The summed E-state index contributed by atoms with van der Waals surface area (Å²) >= 11 is 0. The van der Waals surface area contributed by atoms with E-state index < -0.39 is 29.7 Å². The summed E-state index contributed by atoms with van der Waals surface area (Å²) in [4.78, 5) is 30.7. The molecule has 10 heteroatoms. The highest BCUT2D eigenvalue weighted by Gasteiger charge is 2.45. The maximum atomic E-state index is 13.6. The maximum absolute atomic E-state index is 13.6. The molecule has 178 valence electrons. The molecule has 2 atom stereocenters. The van der Waals surface area contributed by atoms with E-state index in [4.69, 9.17) is 0 Å². The summed E-state index contributed by atoms with van der Waals surface area (Å²) in [5, 5.41) is 7.38. The van der Waals surface area contributed by atoms with E-state index in [1.807, 2.05) is 6.07 Å². The summed E-state index contributed by atoms with van der Waals surface area (Å²) in [5.41, 5.74) is 1.92. The van der Waals surface area contributed by atoms with E-state index in [-0.39, 0.29) is 12.3 Å². The molecule has 1 aliphatic heterocycles. The molecule has 7 nitrogen and oxygen atoms in total. The second-order valence-electron chi connectivity index (χ2n) is 8.43. The van der Waals surface area contributed by atoms with Crippen molar-refractivity contribution < 1.29 is 22.8 Å². The monoisotopic (exact) mass is 479 g/mol. The molecule has 1 aliphatic rings. The molecule has 2 amide bonds. The third kappa shape index (κ3) is 4.23. The van der Waals surface area contributed by atoms with E-state index in [1.165, 1.54) is 17.0 Å². The summed E-state index contributed by atoms with van der Waals surface area (Å²) in [6.07, 6.45) is 2.57. The van der Waals surface area contributed by atoms with Crippen LogP contribution in [0.3, 0.4) is 0 Å². The minimum absolute atomic E-state index is 0.127. The quantitative estimate of drug-likeness (QED) is 0.466. The number of nitrogens with one attached hydrogen (secondary N) is 1. The average Bonchev–Trinajstić information content (AvgIpc) is 3.39. The number of hydrogen-bond donors (Lipinski definition) is 1. The Morgan fingerprint density at radius 3 is 2.54 bits per heavy atom. The number of nitrogens with zero attached hydrogens (tertiary/aromatic N) is 4. The van der Waals surface area contributed by atoms with Gasteiger partial charge in [-0.15, -0.1) is 0 Å². The molecule has 1 unspecified atom stereocenters. The van der Waals surface area contributed by atoms with Crippen molar-refractivity contribution in [3.63, 3.8) is 0 Å². The molecule has 1 fully saturated rings. The minimum Gasteiger partial charge on any atom is -0.345 e. The fourth-order valence-electron chi connectivity index (χ4n) is 4.34. The number of alkyl halides is 2. The lowest BCUT2D eigenvalue weighted by molar-refractivity contribution is -0.143. The van der Waals surface area contributed by atoms with Gasteiger partial charge in [0.05, 0.1) is 30.0 Å². The average molecular weight is 479 g/mol. The van der Waals surface area contributed by atoms with Gasteiger partial charge in [-0.25, -0.2) is 14.1 Å². The standard InChI is InChI=1S/C25H20F3N5O2/c1-25(27,28)24(35)31-19-12-22(34)32(23(19)15-5-3-2-4-6-15)18-8-9-20-16(11-18)13-30-33(20)21-10-7-17(26)14-29-21/h2-11,13-14,19,23H,12H2,1H3,(H,31,35)/t19-,23?/m0/s1. The predicted octanol–water partition coefficient (Wildman–Crippen LogP) is 4.18. The van der Waals surface area contributed by atoms with E-state index in [2.05, 4.69) is 15.4 Å². The number of fused-ring (bicyclic) bond motifs is 1. The lowest BCUT2D eigenvalue weighted by Gasteiger charge is -2.29. The number of benzene rings is 2. The van der Waals surface area contributed by atoms with Crippen LogP contribution in [0, 0.1) is 5.82 Å². The molecule has 0 saturated carbocycles. The van der Waals surface area contributed by atoms with Crippen molar-refractivity contribution in [1.29, 1.82) is 0 Å². The first kappa shape index (κ1) is 22.6. The number of amides is 2. The third-order valence-corrected chi connectivity index (χ3v) is 5.94. The molecule has 5 rings (SSSR count). The Kier molecular flexibility index (Phi) is 5.50. The first-order valence-electron chi connectivity index (χ1n) is 10.9. The van der Waals surface area contributed by atoms with Gasteiger partial charge in [-0.2, -0.15) is 13.9 Å². The van der Waals surface area contributed by atoms with Crippen molar-refractivity contribution >= 4 is 28.4 Å².